The van der Waals surface area contributed by atoms with Crippen LogP contribution in [0, 0.1) is 22.2 Å². The molecule has 2 atom stereocenters. The smallest absolute Gasteiger partial charge is 0.227 e. The predicted octanol–water partition coefficient (Wildman–Crippen LogP) is 4.05. The van der Waals surface area contributed by atoms with Crippen molar-refractivity contribution in [1.82, 2.24) is 0 Å². The van der Waals surface area contributed by atoms with E-state index in [9.17, 15) is 4.79 Å². The zero-order valence-electron chi connectivity index (χ0n) is 10.6. The fourth-order valence-corrected chi connectivity index (χ4v) is 6.29. The number of halogens is 3. The summed E-state index contributed by atoms with van der Waals surface area (Å²) < 4.78 is 9.84. The largest absolute Gasteiger partial charge is 0.281 e. The third-order valence-electron chi connectivity index (χ3n) is 5.44. The van der Waals surface area contributed by atoms with Gasteiger partial charge in [-0.15, -0.1) is 0 Å². The molecule has 0 heterocycles. The fraction of sp³-hybridized carbons (Fsp3) is 0.923. The van der Waals surface area contributed by atoms with Gasteiger partial charge in [0.25, 0.3) is 0 Å². The van der Waals surface area contributed by atoms with Gasteiger partial charge in [-0.2, -0.15) is 0 Å². The van der Waals surface area contributed by atoms with Crippen LogP contribution >= 0.6 is 35.3 Å². The highest BCUT2D eigenvalue weighted by Crippen LogP contribution is 2.70. The highest BCUT2D eigenvalue weighted by Gasteiger charge is 2.65. The molecule has 3 nitrogen and oxygen atoms in total. The quantitative estimate of drug-likeness (QED) is 0.715. The molecule has 4 aliphatic rings. The molecule has 0 spiro atoms. The topological polar surface area (TPSA) is 35.5 Å². The Morgan fingerprint density at radius 1 is 1.00 bits per heavy atom. The number of hydrogen-bond donors (Lipinski definition) is 0. The van der Waals surface area contributed by atoms with E-state index in [0.717, 1.165) is 38.5 Å². The van der Waals surface area contributed by atoms with Crippen LogP contribution < -0.4 is 0 Å². The van der Waals surface area contributed by atoms with E-state index in [-0.39, 0.29) is 16.1 Å². The minimum absolute atomic E-state index is 0.0405. The molecule has 0 aromatic rings. The van der Waals surface area contributed by atoms with Gasteiger partial charge < -0.3 is 0 Å². The van der Waals surface area contributed by atoms with Gasteiger partial charge in [-0.25, -0.2) is 0 Å². The number of hydrogen-bond acceptors (Lipinski definition) is 3. The summed E-state index contributed by atoms with van der Waals surface area (Å²) in [4.78, 5) is 12.0. The Morgan fingerprint density at radius 3 is 1.95 bits per heavy atom. The first-order valence-corrected chi connectivity index (χ1v) is 7.64. The Labute approximate surface area is 128 Å². The fourth-order valence-electron chi connectivity index (χ4n) is 5.62. The molecule has 4 rings (SSSR count). The highest BCUT2D eigenvalue weighted by molar-refractivity contribution is 6.64. The normalized spacial score (nSPS) is 47.6. The summed E-state index contributed by atoms with van der Waals surface area (Å²) in [7, 11) is 0. The van der Waals surface area contributed by atoms with Crippen LogP contribution in [0.25, 0.3) is 0 Å². The van der Waals surface area contributed by atoms with Crippen molar-refractivity contribution in [2.75, 3.05) is 13.2 Å². The Bertz CT molecular complexity index is 379. The minimum Gasteiger partial charge on any atom is -0.281 e. The summed E-state index contributed by atoms with van der Waals surface area (Å²) in [5.41, 5.74) is -0.506. The first-order chi connectivity index (χ1) is 8.97. The summed E-state index contributed by atoms with van der Waals surface area (Å²) in [6.07, 6.45) is 5.56. The molecule has 4 fully saturated rings. The SMILES string of the molecule is O=C(Cl)C12CC3CC(COCl)(CC(COCl)(C3)C1)C2. The molecule has 4 aliphatic carbocycles. The molecular weight excluding hydrogens is 310 g/mol. The van der Waals surface area contributed by atoms with Gasteiger partial charge in [0.1, 0.15) is 0 Å². The molecule has 0 N–H and O–H groups in total. The van der Waals surface area contributed by atoms with Crippen molar-refractivity contribution >= 4 is 40.6 Å². The lowest BCUT2D eigenvalue weighted by Crippen LogP contribution is -2.60. The number of rotatable bonds is 5. The van der Waals surface area contributed by atoms with Crippen molar-refractivity contribution in [1.29, 1.82) is 0 Å². The molecule has 19 heavy (non-hydrogen) atoms. The molecule has 4 bridgehead atoms. The number of carbonyl (C=O) groups excluding carboxylic acids is 1. The molecular formula is C13H17Cl3O3. The van der Waals surface area contributed by atoms with Gasteiger partial charge >= 0.3 is 0 Å². The first-order valence-electron chi connectivity index (χ1n) is 6.64. The Balaban J connectivity index is 1.98. The van der Waals surface area contributed by atoms with Crippen LogP contribution in [0.1, 0.15) is 38.5 Å². The van der Waals surface area contributed by atoms with Gasteiger partial charge in [-0.1, -0.05) is 0 Å². The molecule has 4 saturated carbocycles. The standard InChI is InChI=1S/C13H17Cl3O3/c14-10(17)13-3-9-1-11(5-13,7-18-15)4-12(2-9,6-13)8-19-16/h9H,1-8H2. The van der Waals surface area contributed by atoms with E-state index >= 15 is 0 Å². The summed E-state index contributed by atoms with van der Waals surface area (Å²) in [5.74, 6) is 0.498. The van der Waals surface area contributed by atoms with Gasteiger partial charge in [0.2, 0.25) is 5.24 Å². The van der Waals surface area contributed by atoms with Crippen molar-refractivity contribution in [3.05, 3.63) is 0 Å². The van der Waals surface area contributed by atoms with Crippen LogP contribution in [0.5, 0.6) is 0 Å². The third kappa shape index (κ3) is 2.22. The second-order valence-corrected chi connectivity index (χ2v) is 7.85. The highest BCUT2D eigenvalue weighted by atomic mass is 35.5. The summed E-state index contributed by atoms with van der Waals surface area (Å²) >= 11 is 17.0. The van der Waals surface area contributed by atoms with Crippen LogP contribution in [0.3, 0.4) is 0 Å². The lowest BCUT2D eigenvalue weighted by atomic mass is 9.40. The summed E-state index contributed by atoms with van der Waals surface area (Å²) in [6, 6.07) is 0. The second kappa shape index (κ2) is 4.74. The zero-order chi connectivity index (χ0) is 13.7. The molecule has 6 heteroatoms. The van der Waals surface area contributed by atoms with Crippen molar-refractivity contribution in [3.63, 3.8) is 0 Å². The Hall–Kier alpha value is 0.460. The molecule has 2 unspecified atom stereocenters. The van der Waals surface area contributed by atoms with E-state index in [2.05, 4.69) is 0 Å². The van der Waals surface area contributed by atoms with Crippen molar-refractivity contribution in [2.24, 2.45) is 22.2 Å². The monoisotopic (exact) mass is 326 g/mol. The van der Waals surface area contributed by atoms with Crippen molar-refractivity contribution in [3.8, 4) is 0 Å². The molecule has 0 radical (unpaired) electrons. The van der Waals surface area contributed by atoms with Gasteiger partial charge in [0.15, 0.2) is 0 Å². The van der Waals surface area contributed by atoms with E-state index < -0.39 is 5.41 Å². The third-order valence-corrected chi connectivity index (χ3v) is 6.06. The van der Waals surface area contributed by atoms with Crippen LogP contribution in [-0.4, -0.2) is 18.5 Å². The van der Waals surface area contributed by atoms with E-state index in [1.165, 1.54) is 0 Å². The molecule has 0 aromatic heterocycles. The molecule has 108 valence electrons. The summed E-state index contributed by atoms with van der Waals surface area (Å²) in [5, 5.41) is -0.213. The predicted molar refractivity (Wildman–Crippen MR) is 73.0 cm³/mol. The van der Waals surface area contributed by atoms with Crippen LogP contribution in [0.15, 0.2) is 0 Å². The Morgan fingerprint density at radius 2 is 1.53 bits per heavy atom. The van der Waals surface area contributed by atoms with Gasteiger partial charge in [-0.05, 0) is 66.9 Å². The maximum Gasteiger partial charge on any atom is 0.227 e. The van der Waals surface area contributed by atoms with Crippen LogP contribution in [-0.2, 0) is 13.4 Å². The number of carbonyl (C=O) groups is 1. The van der Waals surface area contributed by atoms with E-state index in [1.54, 1.807) is 0 Å². The second-order valence-electron chi connectivity index (χ2n) is 7.07. The van der Waals surface area contributed by atoms with Crippen LogP contribution in [0.2, 0.25) is 0 Å². The van der Waals surface area contributed by atoms with Crippen molar-refractivity contribution in [2.45, 2.75) is 38.5 Å². The van der Waals surface area contributed by atoms with Gasteiger partial charge in [0.05, 0.1) is 36.9 Å². The average Bonchev–Trinajstić information content (AvgIpc) is 2.26. The molecule has 0 saturated heterocycles. The van der Waals surface area contributed by atoms with Gasteiger partial charge in [0, 0.05) is 5.41 Å². The lowest BCUT2D eigenvalue weighted by Gasteiger charge is -2.65. The van der Waals surface area contributed by atoms with Gasteiger partial charge in [-0.3, -0.25) is 13.4 Å². The lowest BCUT2D eigenvalue weighted by molar-refractivity contribution is -0.181. The van der Waals surface area contributed by atoms with Crippen LogP contribution in [0.4, 0.5) is 0 Å². The van der Waals surface area contributed by atoms with Crippen molar-refractivity contribution < 1.29 is 13.4 Å². The maximum atomic E-state index is 12.0. The minimum atomic E-state index is -0.425. The zero-order valence-corrected chi connectivity index (χ0v) is 12.9. The molecule has 0 aliphatic heterocycles. The summed E-state index contributed by atoms with van der Waals surface area (Å²) in [6.45, 7) is 0.946. The van der Waals surface area contributed by atoms with E-state index in [1.807, 2.05) is 0 Å². The Kier molecular flexibility index (Phi) is 3.59. The molecule has 0 amide bonds. The maximum absolute atomic E-state index is 12.0. The molecule has 0 aromatic carbocycles. The first kappa shape index (κ1) is 14.4. The average molecular weight is 328 g/mol. The van der Waals surface area contributed by atoms with E-state index in [4.69, 9.17) is 43.9 Å². The van der Waals surface area contributed by atoms with E-state index in [0.29, 0.717) is 19.1 Å².